The van der Waals surface area contributed by atoms with Crippen molar-refractivity contribution in [3.63, 3.8) is 0 Å². The lowest BCUT2D eigenvalue weighted by Gasteiger charge is -2.05. The molecule has 0 atom stereocenters. The smallest absolute Gasteiger partial charge is 0.345 e. The van der Waals surface area contributed by atoms with Crippen molar-refractivity contribution in [3.05, 3.63) is 38.3 Å². The topological polar surface area (TPSA) is 55.1 Å². The lowest BCUT2D eigenvalue weighted by Crippen LogP contribution is -2.06. The summed E-state index contributed by atoms with van der Waals surface area (Å²) in [6.07, 6.45) is -6.15. The van der Waals surface area contributed by atoms with Crippen LogP contribution in [0.5, 0.6) is 0 Å². The lowest BCUT2D eigenvalue weighted by molar-refractivity contribution is 0.0702. The quantitative estimate of drug-likeness (QED) is 0.828. The minimum Gasteiger partial charge on any atom is -0.477 e. The zero-order chi connectivity index (χ0) is 15.7. The van der Waals surface area contributed by atoms with E-state index in [1.807, 2.05) is 0 Å². The van der Waals surface area contributed by atoms with Gasteiger partial charge in [-0.3, -0.25) is 4.68 Å². The van der Waals surface area contributed by atoms with E-state index < -0.39 is 35.2 Å². The maximum Gasteiger partial charge on any atom is 0.345 e. The number of rotatable bonds is 5. The maximum absolute atomic E-state index is 12.9. The van der Waals surface area contributed by atoms with Crippen molar-refractivity contribution < 1.29 is 27.5 Å². The Morgan fingerprint density at radius 3 is 2.48 bits per heavy atom. The van der Waals surface area contributed by atoms with Gasteiger partial charge < -0.3 is 5.11 Å². The second kappa shape index (κ2) is 6.02. The van der Waals surface area contributed by atoms with Gasteiger partial charge in [0.15, 0.2) is 0 Å². The summed E-state index contributed by atoms with van der Waals surface area (Å²) in [5, 5.41) is 11.4. The van der Waals surface area contributed by atoms with Crippen LogP contribution in [0.15, 0.2) is 12.1 Å². The third-order valence-electron chi connectivity index (χ3n) is 2.55. The van der Waals surface area contributed by atoms with Crippen molar-refractivity contribution in [1.82, 2.24) is 9.78 Å². The van der Waals surface area contributed by atoms with Gasteiger partial charge in [0.05, 0.1) is 11.6 Å². The van der Waals surface area contributed by atoms with Gasteiger partial charge in [-0.1, -0.05) is 11.6 Å². The van der Waals surface area contributed by atoms with Crippen LogP contribution in [0.2, 0.25) is 5.02 Å². The van der Waals surface area contributed by atoms with Gasteiger partial charge in [-0.15, -0.1) is 11.3 Å². The summed E-state index contributed by atoms with van der Waals surface area (Å²) in [7, 11) is 0. The van der Waals surface area contributed by atoms with Crippen molar-refractivity contribution in [1.29, 1.82) is 0 Å². The molecule has 0 spiro atoms. The molecule has 0 saturated carbocycles. The molecular formula is C11H7ClF4N2O2S. The van der Waals surface area contributed by atoms with E-state index in [1.54, 1.807) is 0 Å². The van der Waals surface area contributed by atoms with Crippen LogP contribution in [-0.4, -0.2) is 20.9 Å². The van der Waals surface area contributed by atoms with E-state index in [4.69, 9.17) is 16.7 Å². The number of halogens is 5. The van der Waals surface area contributed by atoms with Crippen LogP contribution in [0, 0.1) is 0 Å². The molecule has 0 bridgehead atoms. The number of aromatic nitrogens is 2. The van der Waals surface area contributed by atoms with E-state index in [0.29, 0.717) is 9.56 Å². The number of nitrogens with zero attached hydrogens (tertiary/aromatic N) is 2. The van der Waals surface area contributed by atoms with Crippen molar-refractivity contribution in [2.75, 3.05) is 0 Å². The zero-order valence-electron chi connectivity index (χ0n) is 10.1. The third-order valence-corrected chi connectivity index (χ3v) is 3.99. The molecule has 0 aromatic carbocycles. The fourth-order valence-corrected chi connectivity index (χ4v) is 2.80. The summed E-state index contributed by atoms with van der Waals surface area (Å²) >= 11 is 6.35. The second-order valence-corrected chi connectivity index (χ2v) is 5.46. The minimum absolute atomic E-state index is 0.0101. The normalized spacial score (nSPS) is 11.6. The molecule has 21 heavy (non-hydrogen) atoms. The van der Waals surface area contributed by atoms with E-state index in [2.05, 4.69) is 5.10 Å². The minimum atomic E-state index is -3.07. The highest BCUT2D eigenvalue weighted by molar-refractivity contribution is 7.13. The highest BCUT2D eigenvalue weighted by Crippen LogP contribution is 2.35. The number of carboxylic acid groups (broad SMARTS) is 1. The average molecular weight is 343 g/mol. The number of carboxylic acids is 1. The molecule has 0 aliphatic carbocycles. The Morgan fingerprint density at radius 1 is 1.33 bits per heavy atom. The molecule has 2 heterocycles. The van der Waals surface area contributed by atoms with Crippen LogP contribution in [0.25, 0.3) is 0 Å². The summed E-state index contributed by atoms with van der Waals surface area (Å²) in [5.74, 6) is -1.16. The molecule has 0 saturated heterocycles. The number of hydrogen-bond acceptors (Lipinski definition) is 3. The molecule has 10 heteroatoms. The van der Waals surface area contributed by atoms with E-state index in [-0.39, 0.29) is 11.4 Å². The first-order valence-electron chi connectivity index (χ1n) is 5.45. The zero-order valence-corrected chi connectivity index (χ0v) is 11.6. The van der Waals surface area contributed by atoms with Crippen LogP contribution in [0.1, 0.15) is 38.8 Å². The number of carbonyl (C=O) groups is 1. The van der Waals surface area contributed by atoms with Gasteiger partial charge in [-0.25, -0.2) is 22.4 Å². The lowest BCUT2D eigenvalue weighted by atomic mass is 10.3. The van der Waals surface area contributed by atoms with Crippen molar-refractivity contribution in [2.24, 2.45) is 0 Å². The SMILES string of the molecule is O=C(O)c1ccc(Cn2nc(C(F)F)c(Cl)c2C(F)F)s1. The largest absolute Gasteiger partial charge is 0.477 e. The van der Waals surface area contributed by atoms with Gasteiger partial charge in [0.2, 0.25) is 0 Å². The highest BCUT2D eigenvalue weighted by Gasteiger charge is 2.28. The fourth-order valence-electron chi connectivity index (χ4n) is 1.67. The van der Waals surface area contributed by atoms with Gasteiger partial charge in [0.25, 0.3) is 12.9 Å². The van der Waals surface area contributed by atoms with Crippen LogP contribution in [0.3, 0.4) is 0 Å². The molecule has 1 N–H and O–H groups in total. The Labute approximate surface area is 124 Å². The first-order chi connectivity index (χ1) is 9.81. The molecule has 0 unspecified atom stereocenters. The van der Waals surface area contributed by atoms with Crippen LogP contribution < -0.4 is 0 Å². The molecule has 2 aromatic heterocycles. The molecule has 0 fully saturated rings. The summed E-state index contributed by atoms with van der Waals surface area (Å²) in [4.78, 5) is 11.1. The van der Waals surface area contributed by atoms with Gasteiger partial charge in [0, 0.05) is 4.88 Å². The number of hydrogen-bond donors (Lipinski definition) is 1. The molecular weight excluding hydrogens is 336 g/mol. The molecule has 0 radical (unpaired) electrons. The fraction of sp³-hybridized carbons (Fsp3) is 0.273. The van der Waals surface area contributed by atoms with Crippen LogP contribution in [-0.2, 0) is 6.54 Å². The first kappa shape index (κ1) is 15.8. The Hall–Kier alpha value is -1.61. The molecule has 114 valence electrons. The van der Waals surface area contributed by atoms with Crippen molar-refractivity contribution in [3.8, 4) is 0 Å². The highest BCUT2D eigenvalue weighted by atomic mass is 35.5. The summed E-state index contributed by atoms with van der Waals surface area (Å²) in [5.41, 5.74) is -1.72. The molecule has 0 aliphatic heterocycles. The summed E-state index contributed by atoms with van der Waals surface area (Å²) < 4.78 is 51.8. The number of aromatic carboxylic acids is 1. The van der Waals surface area contributed by atoms with E-state index in [9.17, 15) is 22.4 Å². The summed E-state index contributed by atoms with van der Waals surface area (Å²) in [6, 6.07) is 2.70. The van der Waals surface area contributed by atoms with Gasteiger partial charge >= 0.3 is 5.97 Å². The average Bonchev–Trinajstić information content (AvgIpc) is 2.94. The first-order valence-corrected chi connectivity index (χ1v) is 6.65. The van der Waals surface area contributed by atoms with E-state index in [0.717, 1.165) is 11.3 Å². The number of thiophene rings is 1. The molecule has 2 rings (SSSR count). The predicted molar refractivity (Wildman–Crippen MR) is 67.5 cm³/mol. The Balaban J connectivity index is 2.38. The van der Waals surface area contributed by atoms with Gasteiger partial charge in [-0.2, -0.15) is 5.10 Å². The molecule has 2 aromatic rings. The van der Waals surface area contributed by atoms with Gasteiger partial charge in [-0.05, 0) is 12.1 Å². The van der Waals surface area contributed by atoms with Crippen LogP contribution in [0.4, 0.5) is 17.6 Å². The Kier molecular flexibility index (Phi) is 4.52. The third kappa shape index (κ3) is 3.18. The van der Waals surface area contributed by atoms with Crippen molar-refractivity contribution >= 4 is 28.9 Å². The number of alkyl halides is 4. The summed E-state index contributed by atoms with van der Waals surface area (Å²) in [6.45, 7) is -0.260. The maximum atomic E-state index is 12.9. The monoisotopic (exact) mass is 342 g/mol. The Morgan fingerprint density at radius 2 is 2.00 bits per heavy atom. The Bertz CT molecular complexity index is 671. The molecule has 0 amide bonds. The van der Waals surface area contributed by atoms with Crippen molar-refractivity contribution in [2.45, 2.75) is 19.4 Å². The standard InChI is InChI=1S/C11H7ClF4N2O2S/c12-6-7(9(13)14)17-18(8(6)10(15)16)3-4-1-2-5(21-4)11(19)20/h1-2,9-10H,3H2,(H,19,20). The van der Waals surface area contributed by atoms with Gasteiger partial charge in [0.1, 0.15) is 16.3 Å². The molecule has 0 aliphatic rings. The molecule has 4 nitrogen and oxygen atoms in total. The van der Waals surface area contributed by atoms with E-state index in [1.165, 1.54) is 12.1 Å². The van der Waals surface area contributed by atoms with E-state index >= 15 is 0 Å². The predicted octanol–water partition coefficient (Wildman–Crippen LogP) is 4.22. The van der Waals surface area contributed by atoms with Crippen LogP contribution >= 0.6 is 22.9 Å². The second-order valence-electron chi connectivity index (χ2n) is 3.91.